The number of rotatable bonds is 8. The quantitative estimate of drug-likeness (QED) is 0.488. The molecule has 12 nitrogen and oxygen atoms in total. The van der Waals surface area contributed by atoms with Crippen molar-refractivity contribution in [3.05, 3.63) is 40.7 Å². The lowest BCUT2D eigenvalue weighted by atomic mass is 10.0. The zero-order valence-electron chi connectivity index (χ0n) is 23.0. The zero-order valence-corrected chi connectivity index (χ0v) is 23.0. The second-order valence-electron chi connectivity index (χ2n) is 10.2. The number of urea groups is 1. The Labute approximate surface area is 233 Å². The van der Waals surface area contributed by atoms with E-state index in [-0.39, 0.29) is 41.5 Å². The Hall–Kier alpha value is -3.63. The lowest BCUT2D eigenvalue weighted by Crippen LogP contribution is -2.40. The number of nitrogens with zero attached hydrogens (tertiary/aromatic N) is 5. The van der Waals surface area contributed by atoms with Crippen molar-refractivity contribution in [1.29, 1.82) is 5.26 Å². The molecule has 0 spiro atoms. The van der Waals surface area contributed by atoms with Crippen molar-refractivity contribution in [3.63, 3.8) is 0 Å². The van der Waals surface area contributed by atoms with E-state index < -0.39 is 6.03 Å². The summed E-state index contributed by atoms with van der Waals surface area (Å²) < 4.78 is 22.4. The van der Waals surface area contributed by atoms with E-state index in [0.29, 0.717) is 37.8 Å². The summed E-state index contributed by atoms with van der Waals surface area (Å²) in [6.45, 7) is 4.77. The summed E-state index contributed by atoms with van der Waals surface area (Å²) in [7, 11) is 3.30. The molecule has 5 heterocycles. The predicted molar refractivity (Wildman–Crippen MR) is 145 cm³/mol. The van der Waals surface area contributed by atoms with E-state index in [1.165, 1.54) is 17.2 Å². The number of aryl methyl sites for hydroxylation is 1. The lowest BCUT2D eigenvalue weighted by molar-refractivity contribution is 0.0325. The average Bonchev–Trinajstić information content (AvgIpc) is 3.57. The smallest absolute Gasteiger partial charge is 0.328 e. The van der Waals surface area contributed by atoms with Crippen LogP contribution in [0.15, 0.2) is 18.3 Å². The highest BCUT2D eigenvalue weighted by Gasteiger charge is 2.33. The minimum Gasteiger partial charge on any atom is -0.484 e. The first-order valence-corrected chi connectivity index (χ1v) is 13.5. The first-order chi connectivity index (χ1) is 19.4. The summed E-state index contributed by atoms with van der Waals surface area (Å²) in [4.78, 5) is 38.1. The van der Waals surface area contributed by atoms with Crippen molar-refractivity contribution < 1.29 is 28.5 Å². The molecule has 0 radical (unpaired) electrons. The Balaban J connectivity index is 1.34. The van der Waals surface area contributed by atoms with Gasteiger partial charge in [-0.15, -0.1) is 0 Å². The molecule has 3 aliphatic heterocycles. The van der Waals surface area contributed by atoms with Crippen molar-refractivity contribution in [2.75, 3.05) is 50.7 Å². The van der Waals surface area contributed by atoms with Crippen molar-refractivity contribution in [1.82, 2.24) is 14.9 Å². The van der Waals surface area contributed by atoms with Crippen LogP contribution in [-0.4, -0.2) is 92.1 Å². The molecule has 2 saturated heterocycles. The number of likely N-dealkylation sites (tertiary alicyclic amines) is 1. The molecule has 2 aromatic rings. The SMILES string of the molecule is COC1CCN(Cc2cc3c(nc2C=O)N(C(=O)Nc2cc(O[C@@H]4COC[C@H]4OC)c(C#N)cn2)CCC3)C1C. The molecular weight excluding hydrogens is 516 g/mol. The van der Waals surface area contributed by atoms with Gasteiger partial charge in [-0.2, -0.15) is 5.26 Å². The monoisotopic (exact) mass is 550 g/mol. The number of fused-ring (bicyclic) bond motifs is 1. The third-order valence-corrected chi connectivity index (χ3v) is 7.90. The summed E-state index contributed by atoms with van der Waals surface area (Å²) >= 11 is 0. The average molecular weight is 551 g/mol. The number of aromatic nitrogens is 2. The molecule has 12 heteroatoms. The van der Waals surface area contributed by atoms with Crippen molar-refractivity contribution in [2.45, 2.75) is 57.1 Å². The molecule has 1 N–H and O–H groups in total. The molecule has 2 aromatic heterocycles. The minimum absolute atomic E-state index is 0.166. The number of pyridine rings is 2. The third-order valence-electron chi connectivity index (χ3n) is 7.90. The molecule has 0 bridgehead atoms. The van der Waals surface area contributed by atoms with Crippen LogP contribution in [0.4, 0.5) is 16.4 Å². The number of aldehydes is 1. The first kappa shape index (κ1) is 27.9. The first-order valence-electron chi connectivity index (χ1n) is 13.5. The molecule has 5 rings (SSSR count). The number of hydrogen-bond donors (Lipinski definition) is 1. The van der Waals surface area contributed by atoms with E-state index in [9.17, 15) is 14.9 Å². The van der Waals surface area contributed by atoms with Gasteiger partial charge in [0.1, 0.15) is 40.8 Å². The number of carbonyl (C=O) groups excluding carboxylic acids is 2. The van der Waals surface area contributed by atoms with E-state index in [1.807, 2.05) is 6.07 Å². The Morgan fingerprint density at radius 2 is 2.02 bits per heavy atom. The molecule has 2 fully saturated rings. The van der Waals surface area contributed by atoms with Crippen molar-refractivity contribution in [2.24, 2.45) is 0 Å². The maximum atomic E-state index is 13.4. The molecule has 2 unspecified atom stereocenters. The highest BCUT2D eigenvalue weighted by Crippen LogP contribution is 2.31. The van der Waals surface area contributed by atoms with E-state index in [4.69, 9.17) is 18.9 Å². The maximum Gasteiger partial charge on any atom is 0.328 e. The van der Waals surface area contributed by atoms with Crippen LogP contribution in [0.5, 0.6) is 5.75 Å². The number of methoxy groups -OCH3 is 2. The van der Waals surface area contributed by atoms with Gasteiger partial charge in [-0.1, -0.05) is 0 Å². The van der Waals surface area contributed by atoms with Crippen LogP contribution in [0.3, 0.4) is 0 Å². The highest BCUT2D eigenvalue weighted by molar-refractivity contribution is 6.01. The van der Waals surface area contributed by atoms with Crippen LogP contribution in [0.25, 0.3) is 0 Å². The van der Waals surface area contributed by atoms with Crippen LogP contribution in [0, 0.1) is 11.3 Å². The van der Waals surface area contributed by atoms with Crippen LogP contribution < -0.4 is 15.0 Å². The van der Waals surface area contributed by atoms with Crippen LogP contribution in [-0.2, 0) is 27.2 Å². The number of nitrogens with one attached hydrogen (secondary N) is 1. The molecule has 212 valence electrons. The van der Waals surface area contributed by atoms with Gasteiger partial charge in [-0.3, -0.25) is 19.9 Å². The summed E-state index contributed by atoms with van der Waals surface area (Å²) in [5.41, 5.74) is 2.32. The molecule has 0 aliphatic carbocycles. The molecule has 40 heavy (non-hydrogen) atoms. The Kier molecular flexibility index (Phi) is 8.56. The van der Waals surface area contributed by atoms with Gasteiger partial charge >= 0.3 is 6.03 Å². The topological polar surface area (TPSA) is 139 Å². The summed E-state index contributed by atoms with van der Waals surface area (Å²) in [6.07, 6.45) is 4.07. The largest absolute Gasteiger partial charge is 0.484 e. The van der Waals surface area contributed by atoms with E-state index in [2.05, 4.69) is 33.2 Å². The van der Waals surface area contributed by atoms with Gasteiger partial charge in [0, 0.05) is 46.0 Å². The normalized spacial score (nSPS) is 24.4. The van der Waals surface area contributed by atoms with Crippen LogP contribution >= 0.6 is 0 Å². The van der Waals surface area contributed by atoms with Gasteiger partial charge in [-0.25, -0.2) is 14.8 Å². The van der Waals surface area contributed by atoms with Gasteiger partial charge in [0.25, 0.3) is 0 Å². The maximum absolute atomic E-state index is 13.4. The molecule has 3 aliphatic rings. The second kappa shape index (κ2) is 12.3. The molecule has 0 saturated carbocycles. The number of nitriles is 1. The molecule has 4 atom stereocenters. The standard InChI is InChI=1S/C28H34N6O6/c1-17-22(37-2)6-8-33(17)13-19-9-18-5-4-7-34(27(18)31-21(19)14-35)28(36)32-26-10-23(20(11-29)12-30-26)40-25-16-39-15-24(25)38-3/h9-10,12,14,17,22,24-25H,4-8,13,15-16H2,1-3H3,(H,30,32,36)/t17?,22?,24-,25-/m1/s1. The lowest BCUT2D eigenvalue weighted by Gasteiger charge is -2.30. The Morgan fingerprint density at radius 3 is 2.75 bits per heavy atom. The number of anilines is 2. The minimum atomic E-state index is -0.434. The molecular formula is C28H34N6O6. The number of hydrogen-bond acceptors (Lipinski definition) is 10. The van der Waals surface area contributed by atoms with Crippen LogP contribution in [0.2, 0.25) is 0 Å². The fraction of sp³-hybridized carbons (Fsp3) is 0.536. The van der Waals surface area contributed by atoms with Gasteiger partial charge in [0.2, 0.25) is 0 Å². The van der Waals surface area contributed by atoms with Crippen molar-refractivity contribution in [3.8, 4) is 11.8 Å². The Bertz CT molecular complexity index is 1300. The van der Waals surface area contributed by atoms with E-state index in [1.54, 1.807) is 14.2 Å². The predicted octanol–water partition coefficient (Wildman–Crippen LogP) is 2.55. The highest BCUT2D eigenvalue weighted by atomic mass is 16.6. The number of amides is 2. The van der Waals surface area contributed by atoms with E-state index in [0.717, 1.165) is 43.2 Å². The number of ether oxygens (including phenoxy) is 4. The van der Waals surface area contributed by atoms with Gasteiger partial charge in [-0.05, 0) is 43.4 Å². The molecule has 2 amide bonds. The summed E-state index contributed by atoms with van der Waals surface area (Å²) in [5, 5.41) is 12.3. The number of carbonyl (C=O) groups is 2. The summed E-state index contributed by atoms with van der Waals surface area (Å²) in [5.74, 6) is 0.971. The van der Waals surface area contributed by atoms with Crippen molar-refractivity contribution >= 4 is 24.0 Å². The van der Waals surface area contributed by atoms with Gasteiger partial charge < -0.3 is 18.9 Å². The molecule has 0 aromatic carbocycles. The van der Waals surface area contributed by atoms with Gasteiger partial charge in [0.15, 0.2) is 12.4 Å². The zero-order chi connectivity index (χ0) is 28.2. The Morgan fingerprint density at radius 1 is 1.23 bits per heavy atom. The van der Waals surface area contributed by atoms with E-state index >= 15 is 0 Å². The summed E-state index contributed by atoms with van der Waals surface area (Å²) in [6, 6.07) is 5.38. The van der Waals surface area contributed by atoms with Gasteiger partial charge in [0.05, 0.1) is 25.5 Å². The van der Waals surface area contributed by atoms with Crippen LogP contribution in [0.1, 0.15) is 46.9 Å². The third kappa shape index (κ3) is 5.64. The fourth-order valence-electron chi connectivity index (χ4n) is 5.59. The fourth-order valence-corrected chi connectivity index (χ4v) is 5.59. The second-order valence-corrected chi connectivity index (χ2v) is 10.2.